The van der Waals surface area contributed by atoms with Crippen LogP contribution in [-0.4, -0.2) is 163 Å². The number of likely N-dealkylation sites (N-methyl/N-ethyl adjacent to an activating group) is 1. The maximum Gasteiger partial charge on any atom is 0.447 e. The Morgan fingerprint density at radius 2 is 1.20 bits per heavy atom. The van der Waals surface area contributed by atoms with Gasteiger partial charge >= 0.3 is 27.2 Å². The molecule has 2 atom stereocenters. The molecule has 5 rings (SSSR count). The number of amides is 2. The molecule has 0 bridgehead atoms. The largest absolute Gasteiger partial charge is 0.496 e. The van der Waals surface area contributed by atoms with Crippen LogP contribution in [0.3, 0.4) is 0 Å². The highest BCUT2D eigenvalue weighted by atomic mass is 32.2. The summed E-state index contributed by atoms with van der Waals surface area (Å²) in [6, 6.07) is 8.38. The van der Waals surface area contributed by atoms with E-state index in [4.69, 9.17) is 65.8 Å². The van der Waals surface area contributed by atoms with Crippen LogP contribution >= 0.6 is 0 Å². The first-order valence-electron chi connectivity index (χ1n) is 29.8. The number of rotatable bonds is 39. The summed E-state index contributed by atoms with van der Waals surface area (Å²) in [6.45, 7) is 5.32. The van der Waals surface area contributed by atoms with Gasteiger partial charge in [-0.3, -0.25) is 13.8 Å². The molecule has 3 aromatic rings. The number of carbonyl (C=O) groups is 3. The van der Waals surface area contributed by atoms with Gasteiger partial charge in [-0.25, -0.2) is 4.79 Å². The molecule has 1 fully saturated rings. The van der Waals surface area contributed by atoms with E-state index in [0.29, 0.717) is 76.5 Å². The van der Waals surface area contributed by atoms with Crippen molar-refractivity contribution in [3.05, 3.63) is 69.3 Å². The fourth-order valence-corrected chi connectivity index (χ4v) is 11.4. The zero-order chi connectivity index (χ0) is 64.0. The van der Waals surface area contributed by atoms with Crippen molar-refractivity contribution in [2.24, 2.45) is 5.41 Å². The van der Waals surface area contributed by atoms with E-state index in [1.165, 1.54) is 47.5 Å². The Kier molecular flexibility index (Phi) is 28.5. The van der Waals surface area contributed by atoms with Gasteiger partial charge < -0.3 is 71.4 Å². The average molecular weight is 1250 g/mol. The van der Waals surface area contributed by atoms with Crippen LogP contribution in [-0.2, 0) is 89.8 Å². The van der Waals surface area contributed by atoms with Gasteiger partial charge in [-0.1, -0.05) is 78.1 Å². The fraction of sp³-hybridized carbons (Fsp3) is 0.667. The first-order chi connectivity index (χ1) is 41.6. The number of halogens is 2. The van der Waals surface area contributed by atoms with E-state index < -0.39 is 76.4 Å². The van der Waals surface area contributed by atoms with Gasteiger partial charge in [-0.05, 0) is 67.6 Å². The molecule has 3 aromatic carbocycles. The van der Waals surface area contributed by atoms with Gasteiger partial charge in [0.1, 0.15) is 30.0 Å². The molecular weight excluding hydrogens is 1160 g/mol. The van der Waals surface area contributed by atoms with Crippen LogP contribution in [0, 0.1) is 5.41 Å². The topological polar surface area (TPSA) is 221 Å². The highest BCUT2D eigenvalue weighted by Crippen LogP contribution is 2.50. The molecule has 0 aromatic heterocycles. The van der Waals surface area contributed by atoms with Gasteiger partial charge in [-0.15, -0.1) is 0 Å². The third-order valence-corrected chi connectivity index (χ3v) is 16.7. The standard InChI is InChI=1S/C63H94F2N2O19S/c1-14-16-18-20-22-24-26-67(27-25-23-21-19-17-15-2)60(70)63(64,65)87(71,72)84-42-62(40-82-61(3,4)83-41-62)39-81-38-55(68)66(5)34-48-51(77-10)33-50(76-9)47-32-54(56(86-57(47)48)43-30-52(78-11)58(80-13)53(31-43)79-12)85-59(69)44-28-45(35-73-6)49(37-75-8)46(29-44)36-74-7/h28-31,33,54,56H,14-27,32,34-42H2,1-13H3/t54-,56-/m1/s1. The second-order valence-electron chi connectivity index (χ2n) is 22.6. The van der Waals surface area contributed by atoms with E-state index >= 15 is 8.78 Å². The Labute approximate surface area is 513 Å². The lowest BCUT2D eigenvalue weighted by molar-refractivity contribution is -0.295. The molecule has 1 saturated heterocycles. The lowest BCUT2D eigenvalue weighted by Gasteiger charge is -2.42. The Hall–Kier alpha value is -5.60. The van der Waals surface area contributed by atoms with Crippen LogP contribution in [0.2, 0.25) is 0 Å². The monoisotopic (exact) mass is 1250 g/mol. The van der Waals surface area contributed by atoms with Crippen molar-refractivity contribution < 1.29 is 97.3 Å². The number of benzene rings is 3. The minimum Gasteiger partial charge on any atom is -0.496 e. The molecule has 0 spiro atoms. The number of unbranched alkanes of at least 4 members (excludes halogenated alkanes) is 10. The van der Waals surface area contributed by atoms with Gasteiger partial charge in [0, 0.05) is 65.1 Å². The van der Waals surface area contributed by atoms with E-state index in [1.54, 1.807) is 65.5 Å². The smallest absolute Gasteiger partial charge is 0.447 e. The Morgan fingerprint density at radius 1 is 0.667 bits per heavy atom. The van der Waals surface area contributed by atoms with Crippen molar-refractivity contribution in [3.8, 4) is 34.5 Å². The summed E-state index contributed by atoms with van der Waals surface area (Å²) >= 11 is 0. The molecule has 0 N–H and O–H groups in total. The van der Waals surface area contributed by atoms with Crippen LogP contribution < -0.4 is 28.4 Å². The van der Waals surface area contributed by atoms with Crippen molar-refractivity contribution in [1.29, 1.82) is 0 Å². The summed E-state index contributed by atoms with van der Waals surface area (Å²) in [4.78, 5) is 44.6. The minimum atomic E-state index is -5.88. The normalized spacial score (nSPS) is 16.3. The number of carbonyl (C=O) groups excluding carboxylic acids is 3. The molecule has 0 saturated carbocycles. The second kappa shape index (κ2) is 34.4. The molecule has 2 heterocycles. The lowest BCUT2D eigenvalue weighted by atomic mass is 9.91. The van der Waals surface area contributed by atoms with Crippen LogP contribution in [0.15, 0.2) is 30.3 Å². The highest BCUT2D eigenvalue weighted by Gasteiger charge is 2.57. The molecule has 21 nitrogen and oxygen atoms in total. The van der Waals surface area contributed by atoms with Crippen LogP contribution in [0.1, 0.15) is 155 Å². The predicted molar refractivity (Wildman–Crippen MR) is 319 cm³/mol. The Balaban J connectivity index is 1.41. The number of hydrogen-bond donors (Lipinski definition) is 0. The second-order valence-corrected chi connectivity index (χ2v) is 24.2. The fourth-order valence-electron chi connectivity index (χ4n) is 10.5. The average Bonchev–Trinajstić information content (AvgIpc) is 1.69. The number of ether oxygens (including phenoxy) is 13. The molecule has 0 radical (unpaired) electrons. The van der Waals surface area contributed by atoms with Gasteiger partial charge in [-0.2, -0.15) is 17.2 Å². The number of alkyl halides is 2. The quantitative estimate of drug-likeness (QED) is 0.0294. The summed E-state index contributed by atoms with van der Waals surface area (Å²) in [6.07, 6.45) is 8.05. The van der Waals surface area contributed by atoms with Gasteiger partial charge in [0.2, 0.25) is 11.7 Å². The van der Waals surface area contributed by atoms with Gasteiger partial charge in [0.15, 0.2) is 23.4 Å². The predicted octanol–water partition coefficient (Wildman–Crippen LogP) is 10.3. The highest BCUT2D eigenvalue weighted by molar-refractivity contribution is 7.88. The molecule has 0 unspecified atom stereocenters. The van der Waals surface area contributed by atoms with Gasteiger partial charge in [0.25, 0.3) is 0 Å². The summed E-state index contributed by atoms with van der Waals surface area (Å²) in [5.74, 6) is -2.49. The molecular formula is C63H94F2N2O19S. The number of methoxy groups -OCH3 is 8. The number of hydrogen-bond acceptors (Lipinski definition) is 19. The van der Waals surface area contributed by atoms with E-state index in [2.05, 4.69) is 13.8 Å². The van der Waals surface area contributed by atoms with E-state index in [9.17, 15) is 22.8 Å². The molecule has 0 aliphatic carbocycles. The van der Waals surface area contributed by atoms with E-state index in [-0.39, 0.29) is 76.2 Å². The first-order valence-corrected chi connectivity index (χ1v) is 31.2. The van der Waals surface area contributed by atoms with Crippen molar-refractivity contribution in [2.75, 3.05) is 110 Å². The zero-order valence-electron chi connectivity index (χ0n) is 53.3. The molecule has 24 heteroatoms. The molecule has 2 amide bonds. The van der Waals surface area contributed by atoms with Crippen molar-refractivity contribution in [1.82, 2.24) is 9.80 Å². The Bertz CT molecular complexity index is 2740. The Morgan fingerprint density at radius 3 is 1.70 bits per heavy atom. The third kappa shape index (κ3) is 19.2. The summed E-state index contributed by atoms with van der Waals surface area (Å²) in [5.41, 5.74) is 2.24. The van der Waals surface area contributed by atoms with Crippen LogP contribution in [0.5, 0.6) is 34.5 Å². The summed E-state index contributed by atoms with van der Waals surface area (Å²) < 4.78 is 141. The maximum absolute atomic E-state index is 16.1. The number of fused-ring (bicyclic) bond motifs is 1. The molecule has 2 aliphatic heterocycles. The molecule has 2 aliphatic rings. The van der Waals surface area contributed by atoms with E-state index in [0.717, 1.165) is 61.8 Å². The summed E-state index contributed by atoms with van der Waals surface area (Å²) in [7, 11) is 7.61. The minimum absolute atomic E-state index is 0.0178. The zero-order valence-corrected chi connectivity index (χ0v) is 54.1. The third-order valence-electron chi connectivity index (χ3n) is 15.5. The number of esters is 1. The first kappa shape index (κ1) is 72.1. The van der Waals surface area contributed by atoms with Crippen LogP contribution in [0.25, 0.3) is 0 Å². The number of nitrogens with zero attached hydrogens (tertiary/aromatic N) is 2. The molecule has 87 heavy (non-hydrogen) atoms. The van der Waals surface area contributed by atoms with Crippen molar-refractivity contribution in [2.45, 2.75) is 161 Å². The maximum atomic E-state index is 16.1. The van der Waals surface area contributed by atoms with Crippen molar-refractivity contribution >= 4 is 27.9 Å². The van der Waals surface area contributed by atoms with Crippen molar-refractivity contribution in [3.63, 3.8) is 0 Å². The molecule has 490 valence electrons. The lowest BCUT2D eigenvalue weighted by Crippen LogP contribution is -2.53. The summed E-state index contributed by atoms with van der Waals surface area (Å²) in [5, 5.41) is -4.92. The SMILES string of the molecule is CCCCCCCCN(CCCCCCCC)C(=O)C(F)(F)S(=O)(=O)OCC1(COCC(=O)N(C)Cc2c(OC)cc(OC)c3c2O[C@H](c2cc(OC)c(OC)c(OC)c2)[C@H](OC(=O)c2cc(COC)c(COC)c(COC)c2)C3)COC(C)(C)OC1. The van der Waals surface area contributed by atoms with E-state index in [1.807, 2.05) is 0 Å². The van der Waals surface area contributed by atoms with Gasteiger partial charge in [0.05, 0.1) is 105 Å². The van der Waals surface area contributed by atoms with Crippen LogP contribution in [0.4, 0.5) is 8.78 Å².